The van der Waals surface area contributed by atoms with Crippen LogP contribution in [-0.4, -0.2) is 11.8 Å². The van der Waals surface area contributed by atoms with E-state index in [1.54, 1.807) is 0 Å². The van der Waals surface area contributed by atoms with E-state index < -0.39 is 0 Å². The van der Waals surface area contributed by atoms with Gasteiger partial charge in [0.15, 0.2) is 0 Å². The molecule has 2 rings (SSSR count). The molecule has 1 aromatic carbocycles. The van der Waals surface area contributed by atoms with E-state index in [0.717, 1.165) is 12.5 Å². The zero-order chi connectivity index (χ0) is 12.8. The molecule has 0 heterocycles. The molecule has 1 atom stereocenters. The summed E-state index contributed by atoms with van der Waals surface area (Å²) < 4.78 is 0. The van der Waals surface area contributed by atoms with Gasteiger partial charge in [0.1, 0.15) is 0 Å². The third-order valence-corrected chi connectivity index (χ3v) is 5.39. The molecule has 0 aliphatic heterocycles. The Morgan fingerprint density at radius 2 is 1.72 bits per heavy atom. The van der Waals surface area contributed by atoms with Crippen molar-refractivity contribution in [3.8, 4) is 0 Å². The van der Waals surface area contributed by atoms with Gasteiger partial charge in [0.05, 0.1) is 0 Å². The van der Waals surface area contributed by atoms with Crippen molar-refractivity contribution in [2.24, 2.45) is 11.7 Å². The third kappa shape index (κ3) is 4.03. The van der Waals surface area contributed by atoms with Gasteiger partial charge >= 0.3 is 0 Å². The molecule has 2 N–H and O–H groups in total. The van der Waals surface area contributed by atoms with Gasteiger partial charge in [-0.15, -0.1) is 11.8 Å². The Hall–Kier alpha value is -0.470. The van der Waals surface area contributed by atoms with Crippen molar-refractivity contribution < 1.29 is 0 Å². The lowest BCUT2D eigenvalue weighted by molar-refractivity contribution is 0.445. The summed E-state index contributed by atoms with van der Waals surface area (Å²) in [5, 5.41) is 0.603. The van der Waals surface area contributed by atoms with Crippen LogP contribution >= 0.6 is 11.8 Å². The van der Waals surface area contributed by atoms with E-state index in [-0.39, 0.29) is 0 Å². The predicted octanol–water partition coefficient (Wildman–Crippen LogP) is 4.38. The number of hydrogen-bond donors (Lipinski definition) is 1. The Bertz CT molecular complexity index is 339. The molecule has 1 aromatic rings. The van der Waals surface area contributed by atoms with Gasteiger partial charge in [-0.1, -0.05) is 43.4 Å². The van der Waals surface area contributed by atoms with Crippen LogP contribution in [0.25, 0.3) is 0 Å². The first-order valence-corrected chi connectivity index (χ1v) is 8.11. The average molecular weight is 263 g/mol. The zero-order valence-electron chi connectivity index (χ0n) is 11.4. The molecule has 0 amide bonds. The summed E-state index contributed by atoms with van der Waals surface area (Å²) in [6.45, 7) is 2.95. The van der Waals surface area contributed by atoms with E-state index in [0.29, 0.717) is 5.25 Å². The minimum Gasteiger partial charge on any atom is -0.329 e. The van der Waals surface area contributed by atoms with Crippen LogP contribution in [0.15, 0.2) is 29.2 Å². The lowest BCUT2D eigenvalue weighted by Gasteiger charge is -2.24. The SMILES string of the molecule is Cc1ccc(SC(CN)C2CCCCCC2)cc1. The lowest BCUT2D eigenvalue weighted by Crippen LogP contribution is -2.26. The molecule has 2 heteroatoms. The van der Waals surface area contributed by atoms with Gasteiger partial charge in [-0.3, -0.25) is 0 Å². The fourth-order valence-corrected chi connectivity index (χ4v) is 4.01. The highest BCUT2D eigenvalue weighted by atomic mass is 32.2. The summed E-state index contributed by atoms with van der Waals surface area (Å²) in [5.74, 6) is 0.823. The van der Waals surface area contributed by atoms with Crippen LogP contribution in [0.4, 0.5) is 0 Å². The molecule has 1 saturated carbocycles. The highest BCUT2D eigenvalue weighted by molar-refractivity contribution is 8.00. The van der Waals surface area contributed by atoms with Crippen molar-refractivity contribution in [1.82, 2.24) is 0 Å². The van der Waals surface area contributed by atoms with E-state index >= 15 is 0 Å². The molecule has 1 nitrogen and oxygen atoms in total. The summed E-state index contributed by atoms with van der Waals surface area (Å²) in [4.78, 5) is 1.38. The van der Waals surface area contributed by atoms with E-state index in [9.17, 15) is 0 Å². The molecule has 1 unspecified atom stereocenters. The van der Waals surface area contributed by atoms with Crippen LogP contribution in [0.5, 0.6) is 0 Å². The molecule has 0 saturated heterocycles. The predicted molar refractivity (Wildman–Crippen MR) is 81.1 cm³/mol. The van der Waals surface area contributed by atoms with Gasteiger partial charge in [0.25, 0.3) is 0 Å². The van der Waals surface area contributed by atoms with Gasteiger partial charge in [0, 0.05) is 16.7 Å². The molecular weight excluding hydrogens is 238 g/mol. The second-order valence-electron chi connectivity index (χ2n) is 5.46. The van der Waals surface area contributed by atoms with Gasteiger partial charge in [0.2, 0.25) is 0 Å². The van der Waals surface area contributed by atoms with Crippen LogP contribution in [0.3, 0.4) is 0 Å². The number of thioether (sulfide) groups is 1. The Kier molecular flexibility index (Phi) is 5.58. The normalized spacial score (nSPS) is 19.4. The Morgan fingerprint density at radius 3 is 2.28 bits per heavy atom. The zero-order valence-corrected chi connectivity index (χ0v) is 12.2. The first-order valence-electron chi connectivity index (χ1n) is 7.23. The summed E-state index contributed by atoms with van der Waals surface area (Å²) in [7, 11) is 0. The molecule has 1 aliphatic carbocycles. The van der Waals surface area contributed by atoms with E-state index in [2.05, 4.69) is 31.2 Å². The number of rotatable bonds is 4. The summed E-state index contributed by atoms with van der Waals surface area (Å²) in [5.41, 5.74) is 7.34. The van der Waals surface area contributed by atoms with Crippen molar-refractivity contribution in [3.05, 3.63) is 29.8 Å². The van der Waals surface area contributed by atoms with Crippen molar-refractivity contribution >= 4 is 11.8 Å². The molecule has 0 bridgehead atoms. The lowest BCUT2D eigenvalue weighted by atomic mass is 9.96. The fourth-order valence-electron chi connectivity index (χ4n) is 2.81. The molecule has 18 heavy (non-hydrogen) atoms. The molecule has 0 radical (unpaired) electrons. The van der Waals surface area contributed by atoms with E-state index in [1.807, 2.05) is 11.8 Å². The number of hydrogen-bond acceptors (Lipinski definition) is 2. The van der Waals surface area contributed by atoms with Crippen molar-refractivity contribution in [2.45, 2.75) is 55.6 Å². The second-order valence-corrected chi connectivity index (χ2v) is 6.77. The minimum atomic E-state index is 0.603. The monoisotopic (exact) mass is 263 g/mol. The van der Waals surface area contributed by atoms with Crippen LogP contribution in [0.2, 0.25) is 0 Å². The number of aryl methyl sites for hydroxylation is 1. The first-order chi connectivity index (χ1) is 8.79. The molecule has 1 fully saturated rings. The maximum atomic E-state index is 6.01. The van der Waals surface area contributed by atoms with Crippen molar-refractivity contribution in [2.75, 3.05) is 6.54 Å². The van der Waals surface area contributed by atoms with Crippen LogP contribution in [0.1, 0.15) is 44.1 Å². The van der Waals surface area contributed by atoms with Gasteiger partial charge < -0.3 is 5.73 Å². The topological polar surface area (TPSA) is 26.0 Å². The molecule has 1 aliphatic rings. The third-order valence-electron chi connectivity index (χ3n) is 3.97. The van der Waals surface area contributed by atoms with Gasteiger partial charge in [-0.2, -0.15) is 0 Å². The number of nitrogens with two attached hydrogens (primary N) is 1. The molecular formula is C16H25NS. The average Bonchev–Trinajstić information content (AvgIpc) is 2.67. The van der Waals surface area contributed by atoms with Crippen LogP contribution in [0, 0.1) is 12.8 Å². The summed E-state index contributed by atoms with van der Waals surface area (Å²) in [6, 6.07) is 8.87. The van der Waals surface area contributed by atoms with Crippen LogP contribution < -0.4 is 5.73 Å². The van der Waals surface area contributed by atoms with E-state index in [4.69, 9.17) is 5.73 Å². The maximum absolute atomic E-state index is 6.01. The minimum absolute atomic E-state index is 0.603. The Morgan fingerprint density at radius 1 is 1.11 bits per heavy atom. The largest absolute Gasteiger partial charge is 0.329 e. The summed E-state index contributed by atoms with van der Waals surface area (Å²) >= 11 is 1.99. The standard InChI is InChI=1S/C16H25NS/c1-13-8-10-15(11-9-13)18-16(12-17)14-6-4-2-3-5-7-14/h8-11,14,16H,2-7,12,17H2,1H3. The van der Waals surface area contributed by atoms with Crippen molar-refractivity contribution in [1.29, 1.82) is 0 Å². The van der Waals surface area contributed by atoms with Crippen molar-refractivity contribution in [3.63, 3.8) is 0 Å². The highest BCUT2D eigenvalue weighted by Gasteiger charge is 2.22. The second kappa shape index (κ2) is 7.20. The van der Waals surface area contributed by atoms with E-state index in [1.165, 1.54) is 49.0 Å². The van der Waals surface area contributed by atoms with Gasteiger partial charge in [-0.05, 0) is 37.8 Å². The number of benzene rings is 1. The molecule has 0 spiro atoms. The smallest absolute Gasteiger partial charge is 0.0245 e. The summed E-state index contributed by atoms with van der Waals surface area (Å²) in [6.07, 6.45) is 8.39. The molecule has 0 aromatic heterocycles. The van der Waals surface area contributed by atoms with Crippen LogP contribution in [-0.2, 0) is 0 Å². The maximum Gasteiger partial charge on any atom is 0.0245 e. The highest BCUT2D eigenvalue weighted by Crippen LogP contribution is 2.35. The molecule has 100 valence electrons. The Labute approximate surface area is 116 Å². The Balaban J connectivity index is 1.97. The quantitative estimate of drug-likeness (QED) is 0.644. The van der Waals surface area contributed by atoms with Gasteiger partial charge in [-0.25, -0.2) is 0 Å². The first kappa shape index (κ1) is 14.0. The fraction of sp³-hybridized carbons (Fsp3) is 0.625.